The maximum Gasteiger partial charge on any atom is 0.320 e. The molecular weight excluding hydrogens is 246 g/mol. The standard InChI is InChI=1S/C14H25NO2S/c1-11-4-3-5-13(8-11)17-14(16)9-15(2)12-6-7-18-10-12/h11-13H,3-10H2,1-2H3/t11-,12+,13+/m1/s1. The van der Waals surface area contributed by atoms with Crippen LogP contribution in [0.5, 0.6) is 0 Å². The molecule has 0 aromatic heterocycles. The molecule has 3 nitrogen and oxygen atoms in total. The van der Waals surface area contributed by atoms with Gasteiger partial charge in [0.25, 0.3) is 0 Å². The second-order valence-electron chi connectivity index (χ2n) is 5.82. The molecule has 0 bridgehead atoms. The Kier molecular flexibility index (Phi) is 5.37. The molecule has 0 amide bonds. The fraction of sp³-hybridized carbons (Fsp3) is 0.929. The van der Waals surface area contributed by atoms with Crippen LogP contribution in [0, 0.1) is 5.92 Å². The van der Waals surface area contributed by atoms with Gasteiger partial charge in [0, 0.05) is 11.8 Å². The lowest BCUT2D eigenvalue weighted by atomic mass is 9.89. The van der Waals surface area contributed by atoms with E-state index in [2.05, 4.69) is 11.8 Å². The lowest BCUT2D eigenvalue weighted by Gasteiger charge is -2.28. The molecule has 4 heteroatoms. The van der Waals surface area contributed by atoms with E-state index >= 15 is 0 Å². The smallest absolute Gasteiger partial charge is 0.320 e. The van der Waals surface area contributed by atoms with E-state index in [1.807, 2.05) is 18.8 Å². The molecule has 0 spiro atoms. The van der Waals surface area contributed by atoms with E-state index < -0.39 is 0 Å². The highest BCUT2D eigenvalue weighted by molar-refractivity contribution is 7.99. The predicted octanol–water partition coefficient (Wildman–Crippen LogP) is 2.55. The van der Waals surface area contributed by atoms with Gasteiger partial charge in [0.1, 0.15) is 6.10 Å². The van der Waals surface area contributed by atoms with Gasteiger partial charge in [-0.3, -0.25) is 9.69 Å². The van der Waals surface area contributed by atoms with Crippen LogP contribution in [0.4, 0.5) is 0 Å². The fourth-order valence-electron chi connectivity index (χ4n) is 2.91. The number of likely N-dealkylation sites (N-methyl/N-ethyl adjacent to an activating group) is 1. The van der Waals surface area contributed by atoms with Gasteiger partial charge in [-0.15, -0.1) is 0 Å². The van der Waals surface area contributed by atoms with Crippen LogP contribution < -0.4 is 0 Å². The maximum absolute atomic E-state index is 11.9. The molecule has 2 rings (SSSR count). The number of carbonyl (C=O) groups excluding carboxylic acids is 1. The first-order chi connectivity index (χ1) is 8.65. The molecule has 1 aliphatic carbocycles. The molecule has 2 fully saturated rings. The third kappa shape index (κ3) is 4.16. The van der Waals surface area contributed by atoms with Crippen molar-refractivity contribution in [1.82, 2.24) is 4.90 Å². The first-order valence-corrected chi connectivity index (χ1v) is 8.28. The van der Waals surface area contributed by atoms with Crippen LogP contribution in [0.25, 0.3) is 0 Å². The van der Waals surface area contributed by atoms with Crippen LogP contribution in [-0.2, 0) is 9.53 Å². The summed E-state index contributed by atoms with van der Waals surface area (Å²) >= 11 is 1.98. The zero-order valence-electron chi connectivity index (χ0n) is 11.6. The average Bonchev–Trinajstić information content (AvgIpc) is 2.81. The van der Waals surface area contributed by atoms with Crippen molar-refractivity contribution in [3.63, 3.8) is 0 Å². The summed E-state index contributed by atoms with van der Waals surface area (Å²) in [7, 11) is 2.04. The van der Waals surface area contributed by atoms with E-state index in [9.17, 15) is 4.79 Å². The van der Waals surface area contributed by atoms with Gasteiger partial charge >= 0.3 is 5.97 Å². The number of ether oxygens (including phenoxy) is 1. The number of hydrogen-bond donors (Lipinski definition) is 0. The third-order valence-corrected chi connectivity index (χ3v) is 5.24. The summed E-state index contributed by atoms with van der Waals surface area (Å²) in [6, 6.07) is 0.563. The Morgan fingerprint density at radius 3 is 2.89 bits per heavy atom. The zero-order valence-corrected chi connectivity index (χ0v) is 12.4. The molecule has 18 heavy (non-hydrogen) atoms. The van der Waals surface area contributed by atoms with E-state index in [-0.39, 0.29) is 12.1 Å². The van der Waals surface area contributed by atoms with Gasteiger partial charge in [-0.25, -0.2) is 0 Å². The Bertz CT molecular complexity index is 273. The SMILES string of the molecule is C[C@@H]1CCC[C@H](OC(=O)CN(C)[C@H]2CCSC2)C1. The molecule has 0 N–H and O–H groups in total. The van der Waals surface area contributed by atoms with Crippen molar-refractivity contribution >= 4 is 17.7 Å². The van der Waals surface area contributed by atoms with Gasteiger partial charge in [0.2, 0.25) is 0 Å². The molecular formula is C14H25NO2S. The van der Waals surface area contributed by atoms with Crippen LogP contribution in [0.15, 0.2) is 0 Å². The summed E-state index contributed by atoms with van der Waals surface area (Å²) in [4.78, 5) is 14.1. The predicted molar refractivity (Wildman–Crippen MR) is 75.9 cm³/mol. The van der Waals surface area contributed by atoms with Crippen molar-refractivity contribution in [2.24, 2.45) is 5.92 Å². The first-order valence-electron chi connectivity index (χ1n) is 7.12. The Hall–Kier alpha value is -0.220. The van der Waals surface area contributed by atoms with E-state index in [1.54, 1.807) is 0 Å². The van der Waals surface area contributed by atoms with Crippen LogP contribution in [0.2, 0.25) is 0 Å². The number of nitrogens with zero attached hydrogens (tertiary/aromatic N) is 1. The molecule has 104 valence electrons. The van der Waals surface area contributed by atoms with Gasteiger partial charge < -0.3 is 4.74 Å². The summed E-state index contributed by atoms with van der Waals surface area (Å²) in [6.07, 6.45) is 5.97. The lowest BCUT2D eigenvalue weighted by molar-refractivity contribution is -0.152. The van der Waals surface area contributed by atoms with Crippen molar-refractivity contribution in [3.8, 4) is 0 Å². The maximum atomic E-state index is 11.9. The molecule has 0 unspecified atom stereocenters. The number of carbonyl (C=O) groups is 1. The minimum absolute atomic E-state index is 0.0338. The van der Waals surface area contributed by atoms with Gasteiger partial charge in [-0.05, 0) is 44.4 Å². The van der Waals surface area contributed by atoms with E-state index in [4.69, 9.17) is 4.74 Å². The average molecular weight is 271 g/mol. The van der Waals surface area contributed by atoms with Crippen LogP contribution in [0.1, 0.15) is 39.0 Å². The highest BCUT2D eigenvalue weighted by Crippen LogP contribution is 2.26. The van der Waals surface area contributed by atoms with Gasteiger partial charge in [-0.2, -0.15) is 11.8 Å². The van der Waals surface area contributed by atoms with Crippen LogP contribution in [0.3, 0.4) is 0 Å². The topological polar surface area (TPSA) is 29.5 Å². The fourth-order valence-corrected chi connectivity index (χ4v) is 4.21. The Labute approximate surface area is 115 Å². The summed E-state index contributed by atoms with van der Waals surface area (Å²) in [5.41, 5.74) is 0. The van der Waals surface area contributed by atoms with Gasteiger partial charge in [0.05, 0.1) is 6.54 Å². The lowest BCUT2D eigenvalue weighted by Crippen LogP contribution is -2.38. The number of esters is 1. The number of hydrogen-bond acceptors (Lipinski definition) is 4. The Balaban J connectivity index is 1.70. The minimum Gasteiger partial charge on any atom is -0.461 e. The molecule has 0 aromatic carbocycles. The molecule has 1 heterocycles. The van der Waals surface area contributed by atoms with Crippen LogP contribution in [-0.4, -0.2) is 48.1 Å². The van der Waals surface area contributed by atoms with E-state index in [0.29, 0.717) is 18.5 Å². The van der Waals surface area contributed by atoms with E-state index in [1.165, 1.54) is 25.0 Å². The minimum atomic E-state index is -0.0338. The van der Waals surface area contributed by atoms with Gasteiger partial charge in [0.15, 0.2) is 0 Å². The largest absolute Gasteiger partial charge is 0.461 e. The zero-order chi connectivity index (χ0) is 13.0. The van der Waals surface area contributed by atoms with Crippen LogP contribution >= 0.6 is 11.8 Å². The highest BCUT2D eigenvalue weighted by Gasteiger charge is 2.25. The van der Waals surface area contributed by atoms with Crippen molar-refractivity contribution in [2.45, 2.75) is 51.2 Å². The van der Waals surface area contributed by atoms with Crippen molar-refractivity contribution in [1.29, 1.82) is 0 Å². The summed E-state index contributed by atoms with van der Waals surface area (Å²) in [5.74, 6) is 3.06. The Morgan fingerprint density at radius 2 is 2.22 bits per heavy atom. The monoisotopic (exact) mass is 271 g/mol. The molecule has 0 radical (unpaired) electrons. The van der Waals surface area contributed by atoms with E-state index in [0.717, 1.165) is 18.6 Å². The summed E-state index contributed by atoms with van der Waals surface area (Å²) in [6.45, 7) is 2.71. The highest BCUT2D eigenvalue weighted by atomic mass is 32.2. The number of rotatable bonds is 4. The molecule has 1 aliphatic heterocycles. The summed E-state index contributed by atoms with van der Waals surface area (Å²) < 4.78 is 5.60. The normalized spacial score (nSPS) is 32.7. The van der Waals surface area contributed by atoms with Crippen molar-refractivity contribution in [3.05, 3.63) is 0 Å². The number of thioether (sulfide) groups is 1. The second kappa shape index (κ2) is 6.80. The van der Waals surface area contributed by atoms with Gasteiger partial charge in [-0.1, -0.05) is 13.3 Å². The Morgan fingerprint density at radius 1 is 1.39 bits per heavy atom. The van der Waals surface area contributed by atoms with Crippen molar-refractivity contribution in [2.75, 3.05) is 25.1 Å². The summed E-state index contributed by atoms with van der Waals surface area (Å²) in [5, 5.41) is 0. The third-order valence-electron chi connectivity index (χ3n) is 4.09. The molecule has 1 saturated carbocycles. The second-order valence-corrected chi connectivity index (χ2v) is 6.97. The van der Waals surface area contributed by atoms with Crippen molar-refractivity contribution < 1.29 is 9.53 Å². The molecule has 2 aliphatic rings. The molecule has 0 aromatic rings. The molecule has 3 atom stereocenters. The molecule has 1 saturated heterocycles. The quantitative estimate of drug-likeness (QED) is 0.735. The first kappa shape index (κ1) is 14.2.